The lowest BCUT2D eigenvalue weighted by Gasteiger charge is -2.50. The summed E-state index contributed by atoms with van der Waals surface area (Å²) >= 11 is 0. The number of nitrogens with one attached hydrogen (secondary N) is 1. The molecule has 0 radical (unpaired) electrons. The standard InChI is InChI=1S/C17H34N2/c1-15(2)10-14(11-16(3,4)12-15)18-13-17(19(5)6)8-7-9-17/h14,18H,7-13H2,1-6H3. The maximum absolute atomic E-state index is 3.92. The highest BCUT2D eigenvalue weighted by Gasteiger charge is 2.42. The second-order valence-corrected chi connectivity index (χ2v) is 8.96. The van der Waals surface area contributed by atoms with Crippen molar-refractivity contribution >= 4 is 0 Å². The van der Waals surface area contributed by atoms with Crippen molar-refractivity contribution in [3.8, 4) is 0 Å². The molecule has 19 heavy (non-hydrogen) atoms. The van der Waals surface area contributed by atoms with Gasteiger partial charge in [0.1, 0.15) is 0 Å². The molecule has 2 rings (SSSR count). The minimum absolute atomic E-state index is 0.450. The largest absolute Gasteiger partial charge is 0.312 e. The summed E-state index contributed by atoms with van der Waals surface area (Å²) in [6.45, 7) is 10.9. The number of hydrogen-bond donors (Lipinski definition) is 1. The summed E-state index contributed by atoms with van der Waals surface area (Å²) in [6, 6.07) is 0.705. The van der Waals surface area contributed by atoms with E-state index in [1.807, 2.05) is 0 Å². The van der Waals surface area contributed by atoms with Crippen molar-refractivity contribution in [1.29, 1.82) is 0 Å². The van der Waals surface area contributed by atoms with Gasteiger partial charge in [-0.1, -0.05) is 27.7 Å². The molecule has 112 valence electrons. The van der Waals surface area contributed by atoms with Gasteiger partial charge in [0.25, 0.3) is 0 Å². The van der Waals surface area contributed by atoms with Gasteiger partial charge in [-0.15, -0.1) is 0 Å². The molecule has 0 bridgehead atoms. The van der Waals surface area contributed by atoms with E-state index in [0.29, 0.717) is 22.4 Å². The highest BCUT2D eigenvalue weighted by molar-refractivity contribution is 5.00. The van der Waals surface area contributed by atoms with Crippen LogP contribution in [-0.2, 0) is 0 Å². The first-order valence-electron chi connectivity index (χ1n) is 8.05. The van der Waals surface area contributed by atoms with Gasteiger partial charge in [0.15, 0.2) is 0 Å². The van der Waals surface area contributed by atoms with E-state index in [1.165, 1.54) is 45.1 Å². The van der Waals surface area contributed by atoms with Crippen LogP contribution in [-0.4, -0.2) is 37.1 Å². The van der Waals surface area contributed by atoms with E-state index in [4.69, 9.17) is 0 Å². The number of hydrogen-bond acceptors (Lipinski definition) is 2. The molecule has 0 spiro atoms. The minimum atomic E-state index is 0.450. The lowest BCUT2D eigenvalue weighted by molar-refractivity contribution is 0.0385. The molecule has 2 fully saturated rings. The third kappa shape index (κ3) is 3.52. The maximum atomic E-state index is 3.92. The Bertz CT molecular complexity index is 297. The second-order valence-electron chi connectivity index (χ2n) is 8.96. The average molecular weight is 266 g/mol. The lowest BCUT2D eigenvalue weighted by atomic mass is 9.63. The van der Waals surface area contributed by atoms with Gasteiger partial charge in [-0.05, 0) is 63.5 Å². The van der Waals surface area contributed by atoms with E-state index in [0.717, 1.165) is 0 Å². The molecule has 2 nitrogen and oxygen atoms in total. The number of likely N-dealkylation sites (N-methyl/N-ethyl adjacent to an activating group) is 1. The van der Waals surface area contributed by atoms with Gasteiger partial charge in [0.05, 0.1) is 0 Å². The Morgan fingerprint density at radius 3 is 1.89 bits per heavy atom. The summed E-state index contributed by atoms with van der Waals surface area (Å²) in [6.07, 6.45) is 8.16. The zero-order chi connectivity index (χ0) is 14.3. The van der Waals surface area contributed by atoms with Crippen molar-refractivity contribution in [2.75, 3.05) is 20.6 Å². The van der Waals surface area contributed by atoms with Gasteiger partial charge in [-0.2, -0.15) is 0 Å². The molecule has 0 unspecified atom stereocenters. The topological polar surface area (TPSA) is 15.3 Å². The van der Waals surface area contributed by atoms with Gasteiger partial charge in [0, 0.05) is 18.1 Å². The molecule has 2 aliphatic carbocycles. The molecule has 0 aromatic heterocycles. The third-order valence-corrected chi connectivity index (χ3v) is 5.51. The van der Waals surface area contributed by atoms with Crippen LogP contribution in [0.15, 0.2) is 0 Å². The Morgan fingerprint density at radius 2 is 1.53 bits per heavy atom. The Kier molecular flexibility index (Phi) is 4.06. The van der Waals surface area contributed by atoms with Crippen molar-refractivity contribution in [2.24, 2.45) is 10.8 Å². The maximum Gasteiger partial charge on any atom is 0.0328 e. The summed E-state index contributed by atoms with van der Waals surface area (Å²) in [5, 5.41) is 3.92. The molecule has 2 heteroatoms. The van der Waals surface area contributed by atoms with Crippen LogP contribution in [0.1, 0.15) is 66.2 Å². The second kappa shape index (κ2) is 5.04. The van der Waals surface area contributed by atoms with Crippen molar-refractivity contribution in [2.45, 2.75) is 77.8 Å². The van der Waals surface area contributed by atoms with Gasteiger partial charge < -0.3 is 10.2 Å². The summed E-state index contributed by atoms with van der Waals surface area (Å²) in [5.74, 6) is 0. The van der Waals surface area contributed by atoms with Crippen LogP contribution >= 0.6 is 0 Å². The fraction of sp³-hybridized carbons (Fsp3) is 1.00. The van der Waals surface area contributed by atoms with Crippen molar-refractivity contribution in [3.05, 3.63) is 0 Å². The van der Waals surface area contributed by atoms with E-state index < -0.39 is 0 Å². The Hall–Kier alpha value is -0.0800. The Morgan fingerprint density at radius 1 is 1.00 bits per heavy atom. The fourth-order valence-corrected chi connectivity index (χ4v) is 4.69. The van der Waals surface area contributed by atoms with E-state index in [-0.39, 0.29) is 0 Å². The summed E-state index contributed by atoms with van der Waals surface area (Å²) in [5.41, 5.74) is 1.43. The number of rotatable bonds is 4. The molecule has 0 heterocycles. The van der Waals surface area contributed by atoms with E-state index in [1.54, 1.807) is 0 Å². The molecule has 0 aromatic rings. The van der Waals surface area contributed by atoms with Crippen molar-refractivity contribution < 1.29 is 0 Å². The van der Waals surface area contributed by atoms with Crippen molar-refractivity contribution in [1.82, 2.24) is 10.2 Å². The summed E-state index contributed by atoms with van der Waals surface area (Å²) in [7, 11) is 4.49. The van der Waals surface area contributed by atoms with Gasteiger partial charge >= 0.3 is 0 Å². The van der Waals surface area contributed by atoms with E-state index in [2.05, 4.69) is 52.0 Å². The van der Waals surface area contributed by atoms with Crippen molar-refractivity contribution in [3.63, 3.8) is 0 Å². The van der Waals surface area contributed by atoms with Crippen LogP contribution in [0.25, 0.3) is 0 Å². The zero-order valence-corrected chi connectivity index (χ0v) is 14.0. The quantitative estimate of drug-likeness (QED) is 0.835. The SMILES string of the molecule is CN(C)C1(CNC2CC(C)(C)CC(C)(C)C2)CCC1. The molecule has 0 atom stereocenters. The first-order chi connectivity index (χ1) is 8.64. The van der Waals surface area contributed by atoms with Crippen LogP contribution in [0, 0.1) is 10.8 Å². The monoisotopic (exact) mass is 266 g/mol. The average Bonchev–Trinajstić information content (AvgIpc) is 2.09. The molecule has 0 saturated heterocycles. The first-order valence-corrected chi connectivity index (χ1v) is 8.05. The normalized spacial score (nSPS) is 29.2. The van der Waals surface area contributed by atoms with Gasteiger partial charge in [-0.25, -0.2) is 0 Å². The smallest absolute Gasteiger partial charge is 0.0328 e. The highest BCUT2D eigenvalue weighted by Crippen LogP contribution is 2.46. The lowest BCUT2D eigenvalue weighted by Crippen LogP contribution is -2.58. The van der Waals surface area contributed by atoms with Crippen LogP contribution < -0.4 is 5.32 Å². The minimum Gasteiger partial charge on any atom is -0.312 e. The molecule has 2 saturated carbocycles. The fourth-order valence-electron chi connectivity index (χ4n) is 4.69. The Labute approximate surface area is 120 Å². The first kappa shape index (κ1) is 15.3. The van der Waals surface area contributed by atoms with Gasteiger partial charge in [-0.3, -0.25) is 0 Å². The van der Waals surface area contributed by atoms with Gasteiger partial charge in [0.2, 0.25) is 0 Å². The third-order valence-electron chi connectivity index (χ3n) is 5.51. The molecule has 2 aliphatic rings. The molecular weight excluding hydrogens is 232 g/mol. The van der Waals surface area contributed by atoms with Crippen LogP contribution in [0.2, 0.25) is 0 Å². The molecule has 1 N–H and O–H groups in total. The molecular formula is C17H34N2. The van der Waals surface area contributed by atoms with Crippen LogP contribution in [0.4, 0.5) is 0 Å². The number of nitrogens with zero attached hydrogens (tertiary/aromatic N) is 1. The molecule has 0 aliphatic heterocycles. The predicted molar refractivity (Wildman–Crippen MR) is 83.5 cm³/mol. The van der Waals surface area contributed by atoms with Crippen LogP contribution in [0.3, 0.4) is 0 Å². The molecule has 0 amide bonds. The zero-order valence-electron chi connectivity index (χ0n) is 14.0. The van der Waals surface area contributed by atoms with E-state index >= 15 is 0 Å². The summed E-state index contributed by atoms with van der Waals surface area (Å²) in [4.78, 5) is 2.45. The molecule has 0 aromatic carbocycles. The van der Waals surface area contributed by atoms with Crippen LogP contribution in [0.5, 0.6) is 0 Å². The van der Waals surface area contributed by atoms with E-state index in [9.17, 15) is 0 Å². The Balaban J connectivity index is 1.92. The highest BCUT2D eigenvalue weighted by atomic mass is 15.2. The predicted octanol–water partition coefficient (Wildman–Crippen LogP) is 3.67. The summed E-state index contributed by atoms with van der Waals surface area (Å²) < 4.78 is 0.